The molecule has 0 aliphatic heterocycles. The molecule has 19 heavy (non-hydrogen) atoms. The zero-order chi connectivity index (χ0) is 13.1. The first kappa shape index (κ1) is 12.1. The summed E-state index contributed by atoms with van der Waals surface area (Å²) in [5, 5.41) is 13.7. The van der Waals surface area contributed by atoms with Crippen LogP contribution in [0.15, 0.2) is 59.2 Å². The van der Waals surface area contributed by atoms with E-state index in [1.165, 1.54) is 5.56 Å². The minimum atomic E-state index is 0.724. The van der Waals surface area contributed by atoms with Crippen molar-refractivity contribution in [3.05, 3.63) is 64.8 Å². The van der Waals surface area contributed by atoms with Gasteiger partial charge in [0, 0.05) is 21.8 Å². The number of rotatable bonds is 3. The molecule has 2 aromatic carbocycles. The maximum atomic E-state index is 4.17. The lowest BCUT2D eigenvalue weighted by Gasteiger charge is -2.08. The van der Waals surface area contributed by atoms with Crippen molar-refractivity contribution in [2.75, 3.05) is 5.32 Å². The lowest BCUT2D eigenvalue weighted by molar-refractivity contribution is 1.02. The van der Waals surface area contributed by atoms with E-state index in [4.69, 9.17) is 0 Å². The maximum absolute atomic E-state index is 4.17. The van der Waals surface area contributed by atoms with Gasteiger partial charge in [0.15, 0.2) is 5.82 Å². The highest BCUT2D eigenvalue weighted by molar-refractivity contribution is 9.10. The molecule has 1 heterocycles. The minimum absolute atomic E-state index is 0.724. The summed E-state index contributed by atoms with van der Waals surface area (Å²) in [5.41, 5.74) is 1.20. The fourth-order valence-corrected chi connectivity index (χ4v) is 2.44. The van der Waals surface area contributed by atoms with Gasteiger partial charge in [0.1, 0.15) is 0 Å². The van der Waals surface area contributed by atoms with Gasteiger partial charge in [0.25, 0.3) is 0 Å². The first-order valence-corrected chi connectivity index (χ1v) is 6.81. The monoisotopic (exact) mass is 313 g/mol. The summed E-state index contributed by atoms with van der Waals surface area (Å²) in [7, 11) is 0. The van der Waals surface area contributed by atoms with E-state index in [1.54, 1.807) is 6.20 Å². The van der Waals surface area contributed by atoms with Crippen LogP contribution in [-0.4, -0.2) is 10.2 Å². The topological polar surface area (TPSA) is 37.8 Å². The van der Waals surface area contributed by atoms with Crippen LogP contribution in [0.2, 0.25) is 0 Å². The Kier molecular flexibility index (Phi) is 3.42. The average molecular weight is 314 g/mol. The van der Waals surface area contributed by atoms with Gasteiger partial charge in [-0.3, -0.25) is 0 Å². The van der Waals surface area contributed by atoms with Gasteiger partial charge in [-0.05, 0) is 17.7 Å². The molecular formula is C15H12BrN3. The Morgan fingerprint density at radius 2 is 1.95 bits per heavy atom. The molecule has 3 nitrogen and oxygen atoms in total. The van der Waals surface area contributed by atoms with Crippen LogP contribution < -0.4 is 5.32 Å². The number of nitrogens with one attached hydrogen (secondary N) is 1. The maximum Gasteiger partial charge on any atom is 0.156 e. The summed E-state index contributed by atoms with van der Waals surface area (Å²) in [6.07, 6.45) is 1.78. The zero-order valence-corrected chi connectivity index (χ0v) is 11.8. The Bertz CT molecular complexity index is 707. The molecule has 94 valence electrons. The molecule has 0 atom stereocenters. The first-order valence-electron chi connectivity index (χ1n) is 6.02. The van der Waals surface area contributed by atoms with Crippen LogP contribution in [0.25, 0.3) is 10.8 Å². The Hall–Kier alpha value is -1.94. The number of anilines is 1. The first-order chi connectivity index (χ1) is 9.33. The summed E-state index contributed by atoms with van der Waals surface area (Å²) < 4.78 is 1.08. The van der Waals surface area contributed by atoms with Crippen LogP contribution in [0.3, 0.4) is 0 Å². The average Bonchev–Trinajstić information content (AvgIpc) is 2.45. The predicted molar refractivity (Wildman–Crippen MR) is 81.0 cm³/mol. The molecule has 0 unspecified atom stereocenters. The zero-order valence-electron chi connectivity index (χ0n) is 10.2. The third-order valence-corrected chi connectivity index (χ3v) is 3.41. The summed E-state index contributed by atoms with van der Waals surface area (Å²) in [4.78, 5) is 0. The molecule has 0 radical (unpaired) electrons. The molecule has 0 spiro atoms. The fourth-order valence-electron chi connectivity index (χ4n) is 1.99. The van der Waals surface area contributed by atoms with Gasteiger partial charge < -0.3 is 5.32 Å². The van der Waals surface area contributed by atoms with E-state index < -0.39 is 0 Å². The van der Waals surface area contributed by atoms with Crippen LogP contribution in [0.5, 0.6) is 0 Å². The van der Waals surface area contributed by atoms with E-state index in [0.717, 1.165) is 27.6 Å². The van der Waals surface area contributed by atoms with Crippen molar-refractivity contribution < 1.29 is 0 Å². The van der Waals surface area contributed by atoms with E-state index in [2.05, 4.69) is 43.6 Å². The molecule has 0 fully saturated rings. The molecule has 0 bridgehead atoms. The molecule has 3 aromatic rings. The predicted octanol–water partition coefficient (Wildman–Crippen LogP) is 4.00. The summed E-state index contributed by atoms with van der Waals surface area (Å²) >= 11 is 3.47. The van der Waals surface area contributed by atoms with E-state index in [1.807, 2.05) is 36.4 Å². The number of halogens is 1. The second-order valence-corrected chi connectivity index (χ2v) is 5.18. The van der Waals surface area contributed by atoms with Crippen LogP contribution in [0, 0.1) is 0 Å². The SMILES string of the molecule is Brc1cccc(CNc2nncc3ccccc23)c1. The van der Waals surface area contributed by atoms with Gasteiger partial charge in [-0.2, -0.15) is 5.10 Å². The Morgan fingerprint density at radius 1 is 1.05 bits per heavy atom. The number of benzene rings is 2. The summed E-state index contributed by atoms with van der Waals surface area (Å²) in [5.74, 6) is 0.818. The van der Waals surface area contributed by atoms with Gasteiger partial charge in [-0.15, -0.1) is 5.10 Å². The van der Waals surface area contributed by atoms with Crippen molar-refractivity contribution in [2.24, 2.45) is 0 Å². The lowest BCUT2D eigenvalue weighted by atomic mass is 10.2. The Balaban J connectivity index is 1.86. The van der Waals surface area contributed by atoms with E-state index in [0.29, 0.717) is 0 Å². The van der Waals surface area contributed by atoms with Gasteiger partial charge >= 0.3 is 0 Å². The van der Waals surface area contributed by atoms with Crippen molar-refractivity contribution in [1.82, 2.24) is 10.2 Å². The third-order valence-electron chi connectivity index (χ3n) is 2.92. The third kappa shape index (κ3) is 2.74. The highest BCUT2D eigenvalue weighted by Crippen LogP contribution is 2.20. The van der Waals surface area contributed by atoms with Gasteiger partial charge in [-0.25, -0.2) is 0 Å². The summed E-state index contributed by atoms with van der Waals surface area (Å²) in [6, 6.07) is 16.3. The van der Waals surface area contributed by atoms with Crippen LogP contribution in [-0.2, 0) is 6.54 Å². The molecule has 0 aliphatic carbocycles. The number of nitrogens with zero attached hydrogens (tertiary/aromatic N) is 2. The molecule has 0 saturated carbocycles. The van der Waals surface area contributed by atoms with E-state index in [9.17, 15) is 0 Å². The number of aromatic nitrogens is 2. The second kappa shape index (κ2) is 5.36. The molecule has 3 rings (SSSR count). The highest BCUT2D eigenvalue weighted by atomic mass is 79.9. The Morgan fingerprint density at radius 3 is 2.84 bits per heavy atom. The van der Waals surface area contributed by atoms with Crippen molar-refractivity contribution in [3.8, 4) is 0 Å². The molecule has 1 aromatic heterocycles. The quantitative estimate of drug-likeness (QED) is 0.794. The smallest absolute Gasteiger partial charge is 0.156 e. The molecule has 0 aliphatic rings. The highest BCUT2D eigenvalue weighted by Gasteiger charge is 2.02. The van der Waals surface area contributed by atoms with Crippen molar-refractivity contribution >= 4 is 32.5 Å². The second-order valence-electron chi connectivity index (χ2n) is 4.26. The van der Waals surface area contributed by atoms with Crippen LogP contribution in [0.4, 0.5) is 5.82 Å². The number of hydrogen-bond donors (Lipinski definition) is 1. The Labute approximate surface area is 119 Å². The van der Waals surface area contributed by atoms with E-state index in [-0.39, 0.29) is 0 Å². The molecule has 4 heteroatoms. The van der Waals surface area contributed by atoms with Crippen molar-refractivity contribution in [1.29, 1.82) is 0 Å². The molecule has 0 amide bonds. The van der Waals surface area contributed by atoms with Crippen LogP contribution in [0.1, 0.15) is 5.56 Å². The lowest BCUT2D eigenvalue weighted by Crippen LogP contribution is -2.02. The van der Waals surface area contributed by atoms with Gasteiger partial charge in [0.2, 0.25) is 0 Å². The van der Waals surface area contributed by atoms with Crippen molar-refractivity contribution in [2.45, 2.75) is 6.54 Å². The van der Waals surface area contributed by atoms with Crippen LogP contribution >= 0.6 is 15.9 Å². The summed E-state index contributed by atoms with van der Waals surface area (Å²) in [6.45, 7) is 0.724. The molecular weight excluding hydrogens is 302 g/mol. The van der Waals surface area contributed by atoms with Gasteiger partial charge in [-0.1, -0.05) is 52.3 Å². The van der Waals surface area contributed by atoms with E-state index >= 15 is 0 Å². The number of hydrogen-bond acceptors (Lipinski definition) is 3. The fraction of sp³-hybridized carbons (Fsp3) is 0.0667. The normalized spacial score (nSPS) is 10.6. The number of fused-ring (bicyclic) bond motifs is 1. The minimum Gasteiger partial charge on any atom is -0.364 e. The van der Waals surface area contributed by atoms with Crippen molar-refractivity contribution in [3.63, 3.8) is 0 Å². The largest absolute Gasteiger partial charge is 0.364 e. The van der Waals surface area contributed by atoms with Gasteiger partial charge in [0.05, 0.1) is 6.20 Å². The standard InChI is InChI=1S/C15H12BrN3/c16-13-6-3-4-11(8-13)9-17-15-14-7-2-1-5-12(14)10-18-19-15/h1-8,10H,9H2,(H,17,19). The molecule has 1 N–H and O–H groups in total. The molecule has 0 saturated heterocycles.